The molecule has 120 valence electrons. The Kier molecular flexibility index (Phi) is 3.83. The summed E-state index contributed by atoms with van der Waals surface area (Å²) in [6, 6.07) is 8.50. The van der Waals surface area contributed by atoms with Crippen molar-refractivity contribution in [1.29, 1.82) is 0 Å². The summed E-state index contributed by atoms with van der Waals surface area (Å²) in [5.74, 6) is -1.27. The Hall–Kier alpha value is -2.73. The molecule has 0 aromatic heterocycles. The van der Waals surface area contributed by atoms with Gasteiger partial charge in [0.15, 0.2) is 11.5 Å². The van der Waals surface area contributed by atoms with E-state index in [1.54, 1.807) is 24.3 Å². The van der Waals surface area contributed by atoms with E-state index in [-0.39, 0.29) is 29.7 Å². The monoisotopic (exact) mass is 315 g/mol. The lowest BCUT2D eigenvalue weighted by atomic mass is 9.86. The summed E-state index contributed by atoms with van der Waals surface area (Å²) >= 11 is 0. The molecule has 0 radical (unpaired) electrons. The number of carboxylic acid groups (broad SMARTS) is 1. The largest absolute Gasteiger partial charge is 0.508 e. The second kappa shape index (κ2) is 5.81. The number of hydrogen-bond acceptors (Lipinski definition) is 5. The van der Waals surface area contributed by atoms with Crippen LogP contribution in [-0.2, 0) is 17.6 Å². The summed E-state index contributed by atoms with van der Waals surface area (Å²) in [6.07, 6.45) is 0.742. The molecule has 2 aromatic rings. The summed E-state index contributed by atoms with van der Waals surface area (Å²) in [7, 11) is 0. The zero-order chi connectivity index (χ0) is 16.6. The number of phenolic OH excluding ortho intramolecular Hbond substituents is 3. The van der Waals surface area contributed by atoms with Crippen LogP contribution in [-0.4, -0.2) is 32.4 Å². The lowest BCUT2D eigenvalue weighted by molar-refractivity contribution is -0.139. The molecule has 0 saturated heterocycles. The van der Waals surface area contributed by atoms with Crippen molar-refractivity contribution in [3.63, 3.8) is 0 Å². The van der Waals surface area contributed by atoms with E-state index in [0.717, 1.165) is 11.1 Å². The fraction of sp³-hybridized carbons (Fsp3) is 0.235. The second-order valence-electron chi connectivity index (χ2n) is 5.72. The predicted molar refractivity (Wildman–Crippen MR) is 82.6 cm³/mol. The molecule has 0 fully saturated rings. The van der Waals surface area contributed by atoms with Crippen molar-refractivity contribution in [1.82, 2.24) is 5.32 Å². The fourth-order valence-corrected chi connectivity index (χ4v) is 2.94. The fourth-order valence-electron chi connectivity index (χ4n) is 2.94. The molecule has 5 N–H and O–H groups in total. The molecule has 0 spiro atoms. The first-order valence-corrected chi connectivity index (χ1v) is 7.25. The first-order valence-electron chi connectivity index (χ1n) is 7.25. The molecular formula is C17H17NO5. The predicted octanol–water partition coefficient (Wildman–Crippen LogP) is 1.69. The zero-order valence-electron chi connectivity index (χ0n) is 12.2. The summed E-state index contributed by atoms with van der Waals surface area (Å²) in [5, 5.41) is 41.1. The van der Waals surface area contributed by atoms with E-state index < -0.39 is 12.0 Å². The van der Waals surface area contributed by atoms with Crippen LogP contribution in [0.2, 0.25) is 0 Å². The Balaban J connectivity index is 1.96. The summed E-state index contributed by atoms with van der Waals surface area (Å²) in [6.45, 7) is 0. The molecule has 0 saturated carbocycles. The van der Waals surface area contributed by atoms with Gasteiger partial charge < -0.3 is 20.4 Å². The van der Waals surface area contributed by atoms with E-state index in [1.807, 2.05) is 0 Å². The van der Waals surface area contributed by atoms with Gasteiger partial charge in [-0.25, -0.2) is 0 Å². The number of rotatable bonds is 3. The SMILES string of the molecule is O=C(O)C1Cc2cc(O)c(O)cc2C(Cc2ccc(O)cc2)N1. The van der Waals surface area contributed by atoms with Gasteiger partial charge in [0, 0.05) is 6.04 Å². The molecule has 6 nitrogen and oxygen atoms in total. The van der Waals surface area contributed by atoms with Gasteiger partial charge in [0.1, 0.15) is 11.8 Å². The van der Waals surface area contributed by atoms with E-state index in [0.29, 0.717) is 12.0 Å². The molecule has 3 rings (SSSR count). The quantitative estimate of drug-likeness (QED) is 0.551. The number of nitrogens with one attached hydrogen (secondary N) is 1. The van der Waals surface area contributed by atoms with Crippen LogP contribution in [0.4, 0.5) is 0 Å². The molecule has 2 unspecified atom stereocenters. The van der Waals surface area contributed by atoms with Gasteiger partial charge in [-0.05, 0) is 53.8 Å². The van der Waals surface area contributed by atoms with E-state index in [4.69, 9.17) is 0 Å². The number of phenols is 3. The van der Waals surface area contributed by atoms with Crippen molar-refractivity contribution in [3.8, 4) is 17.2 Å². The van der Waals surface area contributed by atoms with Crippen LogP contribution in [0.25, 0.3) is 0 Å². The van der Waals surface area contributed by atoms with Crippen molar-refractivity contribution < 1.29 is 25.2 Å². The Morgan fingerprint density at radius 1 is 1.09 bits per heavy atom. The topological polar surface area (TPSA) is 110 Å². The van der Waals surface area contributed by atoms with E-state index in [1.165, 1.54) is 12.1 Å². The van der Waals surface area contributed by atoms with E-state index >= 15 is 0 Å². The highest BCUT2D eigenvalue weighted by Gasteiger charge is 2.31. The van der Waals surface area contributed by atoms with Gasteiger partial charge in [-0.1, -0.05) is 12.1 Å². The Labute approximate surface area is 132 Å². The van der Waals surface area contributed by atoms with Crippen molar-refractivity contribution in [3.05, 3.63) is 53.1 Å². The minimum absolute atomic E-state index is 0.164. The number of fused-ring (bicyclic) bond motifs is 1. The third-order valence-corrected chi connectivity index (χ3v) is 4.11. The molecule has 0 bridgehead atoms. The van der Waals surface area contributed by atoms with Gasteiger partial charge in [-0.15, -0.1) is 0 Å². The molecule has 1 aliphatic heterocycles. The van der Waals surface area contributed by atoms with Crippen molar-refractivity contribution in [2.24, 2.45) is 0 Å². The van der Waals surface area contributed by atoms with Gasteiger partial charge in [-0.3, -0.25) is 10.1 Å². The molecule has 2 atom stereocenters. The molecule has 0 amide bonds. The molecule has 23 heavy (non-hydrogen) atoms. The summed E-state index contributed by atoms with van der Waals surface area (Å²) < 4.78 is 0. The average molecular weight is 315 g/mol. The maximum atomic E-state index is 11.4. The Morgan fingerprint density at radius 3 is 2.39 bits per heavy atom. The molecule has 6 heteroatoms. The van der Waals surface area contributed by atoms with Crippen LogP contribution in [0.1, 0.15) is 22.7 Å². The summed E-state index contributed by atoms with van der Waals surface area (Å²) in [4.78, 5) is 11.4. The zero-order valence-corrected chi connectivity index (χ0v) is 12.2. The molecule has 0 aliphatic carbocycles. The maximum Gasteiger partial charge on any atom is 0.321 e. The van der Waals surface area contributed by atoms with Crippen LogP contribution in [0, 0.1) is 0 Å². The Bertz CT molecular complexity index is 741. The third-order valence-electron chi connectivity index (χ3n) is 4.11. The molecule has 1 heterocycles. The highest BCUT2D eigenvalue weighted by Crippen LogP contribution is 2.36. The molecule has 2 aromatic carbocycles. The van der Waals surface area contributed by atoms with Gasteiger partial charge in [0.2, 0.25) is 0 Å². The van der Waals surface area contributed by atoms with Crippen LogP contribution in [0.15, 0.2) is 36.4 Å². The van der Waals surface area contributed by atoms with Gasteiger partial charge in [-0.2, -0.15) is 0 Å². The minimum Gasteiger partial charge on any atom is -0.508 e. The second-order valence-corrected chi connectivity index (χ2v) is 5.72. The molecular weight excluding hydrogens is 298 g/mol. The number of hydrogen-bond donors (Lipinski definition) is 5. The lowest BCUT2D eigenvalue weighted by Gasteiger charge is -2.31. The Morgan fingerprint density at radius 2 is 1.74 bits per heavy atom. The number of aliphatic carboxylic acids is 1. The van der Waals surface area contributed by atoms with Gasteiger partial charge in [0.25, 0.3) is 0 Å². The highest BCUT2D eigenvalue weighted by molar-refractivity contribution is 5.75. The van der Waals surface area contributed by atoms with Crippen LogP contribution < -0.4 is 5.32 Å². The van der Waals surface area contributed by atoms with Crippen molar-refractivity contribution >= 4 is 5.97 Å². The van der Waals surface area contributed by atoms with E-state index in [9.17, 15) is 25.2 Å². The number of carbonyl (C=O) groups is 1. The number of benzene rings is 2. The molecule has 1 aliphatic rings. The lowest BCUT2D eigenvalue weighted by Crippen LogP contribution is -2.45. The van der Waals surface area contributed by atoms with Crippen molar-refractivity contribution in [2.75, 3.05) is 0 Å². The first-order chi connectivity index (χ1) is 10.9. The number of carboxylic acids is 1. The first kappa shape index (κ1) is 15.2. The minimum atomic E-state index is -0.959. The van der Waals surface area contributed by atoms with Crippen LogP contribution >= 0.6 is 0 Å². The standard InChI is InChI=1S/C17H17NO5/c19-11-3-1-9(2-4-11)5-13-12-8-16(21)15(20)7-10(12)6-14(18-13)17(22)23/h1-4,7-8,13-14,18-21H,5-6H2,(H,22,23). The van der Waals surface area contributed by atoms with Gasteiger partial charge in [0.05, 0.1) is 0 Å². The average Bonchev–Trinajstić information content (AvgIpc) is 2.51. The van der Waals surface area contributed by atoms with Gasteiger partial charge >= 0.3 is 5.97 Å². The number of aromatic hydroxyl groups is 3. The smallest absolute Gasteiger partial charge is 0.321 e. The van der Waals surface area contributed by atoms with Crippen LogP contribution in [0.5, 0.6) is 17.2 Å². The third kappa shape index (κ3) is 3.07. The normalized spacial score (nSPS) is 20.0. The summed E-state index contributed by atoms with van der Waals surface area (Å²) in [5.41, 5.74) is 2.39. The highest BCUT2D eigenvalue weighted by atomic mass is 16.4. The van der Waals surface area contributed by atoms with Crippen LogP contribution in [0.3, 0.4) is 0 Å². The van der Waals surface area contributed by atoms with E-state index in [2.05, 4.69) is 5.32 Å². The van der Waals surface area contributed by atoms with Crippen molar-refractivity contribution in [2.45, 2.75) is 24.9 Å². The maximum absolute atomic E-state index is 11.4.